The van der Waals surface area contributed by atoms with Gasteiger partial charge >= 0.3 is 0 Å². The Bertz CT molecular complexity index is 599. The number of benzene rings is 2. The molecule has 0 radical (unpaired) electrons. The highest BCUT2D eigenvalue weighted by Gasteiger charge is 1.99. The predicted octanol–water partition coefficient (Wildman–Crippen LogP) is 5.76. The van der Waals surface area contributed by atoms with Crippen molar-refractivity contribution >= 4 is 21.6 Å². The maximum Gasteiger partial charge on any atom is 0.119 e. The van der Waals surface area contributed by atoms with Crippen molar-refractivity contribution in [3.63, 3.8) is 0 Å². The van der Waals surface area contributed by atoms with Gasteiger partial charge in [0.15, 0.2) is 0 Å². The van der Waals surface area contributed by atoms with Crippen molar-refractivity contribution < 1.29 is 9.47 Å². The van der Waals surface area contributed by atoms with Crippen LogP contribution >= 0.6 is 21.6 Å². The van der Waals surface area contributed by atoms with Crippen LogP contribution in [0.3, 0.4) is 0 Å². The van der Waals surface area contributed by atoms with Gasteiger partial charge in [-0.3, -0.25) is 0 Å². The van der Waals surface area contributed by atoms with Crippen molar-refractivity contribution in [2.24, 2.45) is 0 Å². The summed E-state index contributed by atoms with van der Waals surface area (Å²) in [5.74, 6) is 3.87. The van der Waals surface area contributed by atoms with Gasteiger partial charge < -0.3 is 9.47 Å². The third kappa shape index (κ3) is 6.33. The molecule has 0 aliphatic heterocycles. The highest BCUT2D eigenvalue weighted by Crippen LogP contribution is 2.23. The van der Waals surface area contributed by atoms with E-state index in [1.807, 2.05) is 33.7 Å². The molecule has 0 saturated carbocycles. The van der Waals surface area contributed by atoms with Crippen LogP contribution in [0.4, 0.5) is 0 Å². The summed E-state index contributed by atoms with van der Waals surface area (Å²) < 4.78 is 11.6. The molecule has 0 amide bonds. The van der Waals surface area contributed by atoms with E-state index in [1.165, 1.54) is 22.3 Å². The van der Waals surface area contributed by atoms with Crippen LogP contribution in [0.15, 0.2) is 36.4 Å². The van der Waals surface area contributed by atoms with Gasteiger partial charge in [0.2, 0.25) is 0 Å². The molecular formula is C20H26O2S2. The van der Waals surface area contributed by atoms with E-state index in [2.05, 4.69) is 52.0 Å². The number of ether oxygens (including phenoxy) is 2. The zero-order valence-electron chi connectivity index (χ0n) is 14.9. The lowest BCUT2D eigenvalue weighted by molar-refractivity contribution is 0.343. The van der Waals surface area contributed by atoms with Gasteiger partial charge in [0.05, 0.1) is 13.2 Å². The Morgan fingerprint density at radius 2 is 1.04 bits per heavy atom. The predicted molar refractivity (Wildman–Crippen MR) is 108 cm³/mol. The molecule has 0 aliphatic rings. The molecule has 2 nitrogen and oxygen atoms in total. The molecular weight excluding hydrogens is 336 g/mol. The molecule has 2 aromatic rings. The zero-order chi connectivity index (χ0) is 17.4. The monoisotopic (exact) mass is 362 g/mol. The maximum absolute atomic E-state index is 5.78. The second-order valence-electron chi connectivity index (χ2n) is 5.83. The third-order valence-electron chi connectivity index (χ3n) is 3.91. The van der Waals surface area contributed by atoms with Crippen LogP contribution in [0, 0.1) is 27.7 Å². The van der Waals surface area contributed by atoms with Gasteiger partial charge in [-0.1, -0.05) is 33.7 Å². The maximum atomic E-state index is 5.78. The normalized spacial score (nSPS) is 10.7. The molecule has 0 aliphatic carbocycles. The summed E-state index contributed by atoms with van der Waals surface area (Å²) in [5, 5.41) is 0. The molecule has 2 rings (SSSR count). The van der Waals surface area contributed by atoms with E-state index in [0.717, 1.165) is 36.2 Å². The smallest absolute Gasteiger partial charge is 0.119 e. The van der Waals surface area contributed by atoms with Crippen molar-refractivity contribution in [3.8, 4) is 11.5 Å². The van der Waals surface area contributed by atoms with Crippen LogP contribution < -0.4 is 9.47 Å². The van der Waals surface area contributed by atoms with E-state index >= 15 is 0 Å². The third-order valence-corrected chi connectivity index (χ3v) is 6.24. The van der Waals surface area contributed by atoms with Gasteiger partial charge in [-0.25, -0.2) is 0 Å². The fraction of sp³-hybridized carbons (Fsp3) is 0.400. The number of aryl methyl sites for hydroxylation is 4. The number of hydrogen-bond acceptors (Lipinski definition) is 4. The second-order valence-corrected chi connectivity index (χ2v) is 8.54. The van der Waals surface area contributed by atoms with Crippen molar-refractivity contribution in [1.82, 2.24) is 0 Å². The van der Waals surface area contributed by atoms with E-state index < -0.39 is 0 Å². The lowest BCUT2D eigenvalue weighted by Crippen LogP contribution is -2.02. The molecule has 0 atom stereocenters. The van der Waals surface area contributed by atoms with Crippen molar-refractivity contribution in [3.05, 3.63) is 58.7 Å². The lowest BCUT2D eigenvalue weighted by atomic mass is 10.1. The first-order valence-electron chi connectivity index (χ1n) is 8.21. The topological polar surface area (TPSA) is 18.5 Å². The van der Waals surface area contributed by atoms with Gasteiger partial charge in [0.1, 0.15) is 11.5 Å². The van der Waals surface area contributed by atoms with Crippen LogP contribution in [0.1, 0.15) is 22.3 Å². The summed E-state index contributed by atoms with van der Waals surface area (Å²) in [4.78, 5) is 0. The average Bonchev–Trinajstić information content (AvgIpc) is 2.56. The van der Waals surface area contributed by atoms with E-state index in [1.54, 1.807) is 0 Å². The summed E-state index contributed by atoms with van der Waals surface area (Å²) in [5.41, 5.74) is 5.16. The molecule has 0 fully saturated rings. The molecule has 0 N–H and O–H groups in total. The standard InChI is InChI=1S/C20H26O2S2/c1-15-5-7-19(13-17(15)3)21-9-11-23-24-12-10-22-20-8-6-16(2)18(4)14-20/h5-8,13-14H,9-12H2,1-4H3. The minimum Gasteiger partial charge on any atom is -0.493 e. The van der Waals surface area contributed by atoms with E-state index in [9.17, 15) is 0 Å². The zero-order valence-corrected chi connectivity index (χ0v) is 16.6. The highest BCUT2D eigenvalue weighted by atomic mass is 33.1. The van der Waals surface area contributed by atoms with Crippen molar-refractivity contribution in [1.29, 1.82) is 0 Å². The fourth-order valence-corrected chi connectivity index (χ4v) is 3.77. The van der Waals surface area contributed by atoms with Crippen LogP contribution in [0.2, 0.25) is 0 Å². The fourth-order valence-electron chi connectivity index (χ4n) is 2.11. The Balaban J connectivity index is 1.53. The summed E-state index contributed by atoms with van der Waals surface area (Å²) in [6, 6.07) is 12.5. The first-order valence-corrected chi connectivity index (χ1v) is 10.7. The number of hydrogen-bond donors (Lipinski definition) is 0. The van der Waals surface area contributed by atoms with Crippen LogP contribution in [-0.2, 0) is 0 Å². The van der Waals surface area contributed by atoms with Crippen molar-refractivity contribution in [2.75, 3.05) is 24.7 Å². The summed E-state index contributed by atoms with van der Waals surface area (Å²) in [7, 11) is 3.66. The average molecular weight is 363 g/mol. The Hall–Kier alpha value is -1.26. The first kappa shape index (κ1) is 19.1. The Morgan fingerprint density at radius 1 is 0.625 bits per heavy atom. The van der Waals surface area contributed by atoms with Gasteiger partial charge in [0.25, 0.3) is 0 Å². The molecule has 4 heteroatoms. The SMILES string of the molecule is Cc1ccc(OCCSSCCOc2ccc(C)c(C)c2)cc1C. The molecule has 0 heterocycles. The molecule has 130 valence electrons. The van der Waals surface area contributed by atoms with Crippen molar-refractivity contribution in [2.45, 2.75) is 27.7 Å². The number of rotatable bonds is 9. The quantitative estimate of drug-likeness (QED) is 0.417. The van der Waals surface area contributed by atoms with Gasteiger partial charge in [-0.05, 0) is 74.2 Å². The highest BCUT2D eigenvalue weighted by molar-refractivity contribution is 8.76. The first-order chi connectivity index (χ1) is 11.6. The molecule has 2 aromatic carbocycles. The summed E-state index contributed by atoms with van der Waals surface area (Å²) in [6.45, 7) is 9.93. The summed E-state index contributed by atoms with van der Waals surface area (Å²) in [6.07, 6.45) is 0. The van der Waals surface area contributed by atoms with E-state index in [-0.39, 0.29) is 0 Å². The molecule has 0 spiro atoms. The molecule has 0 aromatic heterocycles. The Kier molecular flexibility index (Phi) is 7.86. The Labute approximate surface area is 153 Å². The Morgan fingerprint density at radius 3 is 1.42 bits per heavy atom. The van der Waals surface area contributed by atoms with Gasteiger partial charge in [-0.15, -0.1) is 0 Å². The van der Waals surface area contributed by atoms with Gasteiger partial charge in [0, 0.05) is 11.5 Å². The minimum absolute atomic E-state index is 0.734. The lowest BCUT2D eigenvalue weighted by Gasteiger charge is -2.09. The molecule has 0 bridgehead atoms. The van der Waals surface area contributed by atoms with Gasteiger partial charge in [-0.2, -0.15) is 0 Å². The van der Waals surface area contributed by atoms with Crippen LogP contribution in [-0.4, -0.2) is 24.7 Å². The molecule has 0 unspecified atom stereocenters. The van der Waals surface area contributed by atoms with Crippen LogP contribution in [0.5, 0.6) is 11.5 Å². The largest absolute Gasteiger partial charge is 0.493 e. The van der Waals surface area contributed by atoms with E-state index in [0.29, 0.717) is 0 Å². The second kappa shape index (κ2) is 9.90. The van der Waals surface area contributed by atoms with Crippen LogP contribution in [0.25, 0.3) is 0 Å². The van der Waals surface area contributed by atoms with E-state index in [4.69, 9.17) is 9.47 Å². The summed E-state index contributed by atoms with van der Waals surface area (Å²) >= 11 is 0. The molecule has 24 heavy (non-hydrogen) atoms. The molecule has 0 saturated heterocycles. The minimum atomic E-state index is 0.734.